The third-order valence-corrected chi connectivity index (χ3v) is 0.667. The van der Waals surface area contributed by atoms with Gasteiger partial charge in [-0.1, -0.05) is 56.7 Å². The number of rotatable bonds is 0. The molecule has 1 aromatic rings. The van der Waals surface area contributed by atoms with Crippen LogP contribution < -0.4 is 0 Å². The van der Waals surface area contributed by atoms with E-state index in [0.29, 0.717) is 6.26 Å². The van der Waals surface area contributed by atoms with Crippen LogP contribution >= 0.6 is 0 Å². The lowest BCUT2D eigenvalue weighted by Gasteiger charge is -1.69. The Morgan fingerprint density at radius 1 is 0.929 bits per heavy atom. The minimum absolute atomic E-state index is 0.715. The average molecular weight is 218 g/mol. The summed E-state index contributed by atoms with van der Waals surface area (Å²) in [4.78, 5) is 0. The fraction of sp³-hybridized carbons (Fsp3) is 0.400. The van der Waals surface area contributed by atoms with E-state index in [1.165, 1.54) is 6.42 Å². The molecule has 0 aliphatic carbocycles. The van der Waals surface area contributed by atoms with Gasteiger partial charge in [0.2, 0.25) is 0 Å². The lowest BCUT2D eigenvalue weighted by Crippen LogP contribution is -1.88. The van der Waals surface area contributed by atoms with Crippen LogP contribution in [0.3, 0.4) is 0 Å². The third-order valence-electron chi connectivity index (χ3n) is 0.667. The predicted octanol–water partition coefficient (Wildman–Crippen LogP) is 2.61. The Morgan fingerprint density at radius 2 is 1.00 bits per heavy atom. The van der Waals surface area contributed by atoms with Crippen LogP contribution in [0.25, 0.3) is 0 Å². The smallest absolute Gasteiger partial charge is 0.261 e. The van der Waals surface area contributed by atoms with Gasteiger partial charge < -0.3 is 0 Å². The number of hydrogen-bond acceptors (Lipinski definition) is 2. The quantitative estimate of drug-likeness (QED) is 0.681. The zero-order valence-corrected chi connectivity index (χ0v) is 9.66. The summed E-state index contributed by atoms with van der Waals surface area (Å²) in [6, 6.07) is 12.0. The van der Waals surface area contributed by atoms with Gasteiger partial charge >= 0.3 is 0 Å². The van der Waals surface area contributed by atoms with Gasteiger partial charge in [0, 0.05) is 0 Å². The van der Waals surface area contributed by atoms with Crippen molar-refractivity contribution in [3.8, 4) is 0 Å². The molecule has 0 atom stereocenters. The van der Waals surface area contributed by atoms with Gasteiger partial charge in [0.05, 0.1) is 6.26 Å². The molecule has 0 saturated heterocycles. The first kappa shape index (κ1) is 15.6. The van der Waals surface area contributed by atoms with E-state index < -0.39 is 10.1 Å². The fourth-order valence-electron chi connectivity index (χ4n) is 0.385. The van der Waals surface area contributed by atoms with Crippen LogP contribution in [0.1, 0.15) is 20.3 Å². The first-order chi connectivity index (χ1) is 6.41. The van der Waals surface area contributed by atoms with Gasteiger partial charge in [0.1, 0.15) is 0 Å². The molecule has 3 nitrogen and oxygen atoms in total. The summed E-state index contributed by atoms with van der Waals surface area (Å²) in [6.07, 6.45) is 1.97. The zero-order chi connectivity index (χ0) is 11.4. The fourth-order valence-corrected chi connectivity index (χ4v) is 0.385. The monoisotopic (exact) mass is 218 g/mol. The summed E-state index contributed by atoms with van der Waals surface area (Å²) in [6.45, 7) is 4.25. The first-order valence-corrected chi connectivity index (χ1v) is 6.19. The van der Waals surface area contributed by atoms with E-state index in [4.69, 9.17) is 4.55 Å². The lowest BCUT2D eigenvalue weighted by molar-refractivity contribution is 0.490. The molecule has 14 heavy (non-hydrogen) atoms. The third kappa shape index (κ3) is 43.4. The van der Waals surface area contributed by atoms with Crippen molar-refractivity contribution >= 4 is 10.1 Å². The SMILES string of the molecule is CCC.CS(=O)(=O)O.c1ccccc1. The molecule has 1 N–H and O–H groups in total. The van der Waals surface area contributed by atoms with Crippen LogP contribution in [0.15, 0.2) is 36.4 Å². The van der Waals surface area contributed by atoms with Crippen molar-refractivity contribution in [3.05, 3.63) is 36.4 Å². The number of hydrogen-bond donors (Lipinski definition) is 1. The van der Waals surface area contributed by atoms with Crippen molar-refractivity contribution in [1.29, 1.82) is 0 Å². The molecule has 0 unspecified atom stereocenters. The van der Waals surface area contributed by atoms with Crippen molar-refractivity contribution in [1.82, 2.24) is 0 Å². The molecule has 0 aliphatic heterocycles. The molecule has 0 amide bonds. The summed E-state index contributed by atoms with van der Waals surface area (Å²) < 4.78 is 25.9. The van der Waals surface area contributed by atoms with Crippen LogP contribution in [-0.2, 0) is 10.1 Å². The standard InChI is InChI=1S/C6H6.C3H8.CH4O3S/c1-2-4-6-5-3-1;1-3-2;1-5(2,3)4/h1-6H;3H2,1-2H3;1H3,(H,2,3,4). The van der Waals surface area contributed by atoms with Gasteiger partial charge in [0.15, 0.2) is 0 Å². The summed E-state index contributed by atoms with van der Waals surface area (Å²) in [5.41, 5.74) is 0. The predicted molar refractivity (Wildman–Crippen MR) is 59.9 cm³/mol. The Labute approximate surface area is 86.5 Å². The van der Waals surface area contributed by atoms with Gasteiger partial charge in [-0.3, -0.25) is 4.55 Å². The summed E-state index contributed by atoms with van der Waals surface area (Å²) in [5.74, 6) is 0. The molecule has 4 heteroatoms. The molecular weight excluding hydrogens is 200 g/mol. The lowest BCUT2D eigenvalue weighted by atomic mass is 10.4. The summed E-state index contributed by atoms with van der Waals surface area (Å²) in [7, 11) is -3.67. The van der Waals surface area contributed by atoms with Gasteiger partial charge in [-0.15, -0.1) is 0 Å². The van der Waals surface area contributed by atoms with Crippen molar-refractivity contribution in [2.24, 2.45) is 0 Å². The molecule has 82 valence electrons. The van der Waals surface area contributed by atoms with E-state index in [1.807, 2.05) is 36.4 Å². The van der Waals surface area contributed by atoms with E-state index in [1.54, 1.807) is 0 Å². The molecule has 1 aromatic carbocycles. The molecule has 0 heterocycles. The highest BCUT2D eigenvalue weighted by atomic mass is 32.2. The van der Waals surface area contributed by atoms with Crippen LogP contribution in [0.2, 0.25) is 0 Å². The van der Waals surface area contributed by atoms with E-state index in [9.17, 15) is 8.42 Å². The summed E-state index contributed by atoms with van der Waals surface area (Å²) in [5, 5.41) is 0. The Balaban J connectivity index is 0. The van der Waals surface area contributed by atoms with E-state index in [-0.39, 0.29) is 0 Å². The van der Waals surface area contributed by atoms with E-state index in [0.717, 1.165) is 0 Å². The molecule has 0 aliphatic rings. The molecule has 0 saturated carbocycles. The molecule has 0 bridgehead atoms. The molecular formula is C10H18O3S. The topological polar surface area (TPSA) is 54.4 Å². The maximum atomic E-state index is 9.19. The largest absolute Gasteiger partial charge is 0.286 e. The normalized spacial score (nSPS) is 8.86. The molecule has 0 fully saturated rings. The van der Waals surface area contributed by atoms with Gasteiger partial charge in [-0.2, -0.15) is 8.42 Å². The number of benzene rings is 1. The maximum Gasteiger partial charge on any atom is 0.261 e. The maximum absolute atomic E-state index is 9.19. The Hall–Kier alpha value is -0.870. The van der Waals surface area contributed by atoms with Gasteiger partial charge in [-0.05, 0) is 0 Å². The van der Waals surface area contributed by atoms with Gasteiger partial charge in [-0.25, -0.2) is 0 Å². The highest BCUT2D eigenvalue weighted by Crippen LogP contribution is 1.79. The molecule has 0 spiro atoms. The second-order valence-electron chi connectivity index (χ2n) is 2.59. The summed E-state index contributed by atoms with van der Waals surface area (Å²) >= 11 is 0. The van der Waals surface area contributed by atoms with Crippen LogP contribution in [0, 0.1) is 0 Å². The highest BCUT2D eigenvalue weighted by molar-refractivity contribution is 7.85. The highest BCUT2D eigenvalue weighted by Gasteiger charge is 1.81. The van der Waals surface area contributed by atoms with Crippen LogP contribution in [0.5, 0.6) is 0 Å². The van der Waals surface area contributed by atoms with E-state index in [2.05, 4.69) is 13.8 Å². The Bertz CT molecular complexity index is 245. The molecule has 1 rings (SSSR count). The van der Waals surface area contributed by atoms with Crippen molar-refractivity contribution in [2.75, 3.05) is 6.26 Å². The first-order valence-electron chi connectivity index (χ1n) is 4.34. The average Bonchev–Trinajstić information content (AvgIpc) is 2.06. The Morgan fingerprint density at radius 3 is 1.07 bits per heavy atom. The van der Waals surface area contributed by atoms with Crippen LogP contribution in [-0.4, -0.2) is 19.2 Å². The van der Waals surface area contributed by atoms with Gasteiger partial charge in [0.25, 0.3) is 10.1 Å². The van der Waals surface area contributed by atoms with Crippen molar-refractivity contribution in [2.45, 2.75) is 20.3 Å². The van der Waals surface area contributed by atoms with Crippen molar-refractivity contribution < 1.29 is 13.0 Å². The minimum atomic E-state index is -3.67. The van der Waals surface area contributed by atoms with Crippen molar-refractivity contribution in [3.63, 3.8) is 0 Å². The van der Waals surface area contributed by atoms with Crippen LogP contribution in [0.4, 0.5) is 0 Å². The second-order valence-corrected chi connectivity index (χ2v) is 4.06. The molecule has 0 aromatic heterocycles. The van der Waals surface area contributed by atoms with E-state index >= 15 is 0 Å². The molecule has 0 radical (unpaired) electrons. The minimum Gasteiger partial charge on any atom is -0.286 e. The second kappa shape index (κ2) is 10.2. The zero-order valence-electron chi connectivity index (χ0n) is 8.84. The Kier molecular flexibility index (Phi) is 11.4.